The van der Waals surface area contributed by atoms with E-state index in [1.54, 1.807) is 31.6 Å². The lowest BCUT2D eigenvalue weighted by Gasteiger charge is -2.06. The Kier molecular flexibility index (Phi) is 3.76. The zero-order chi connectivity index (χ0) is 13.1. The fourth-order valence-electron chi connectivity index (χ4n) is 1.43. The van der Waals surface area contributed by atoms with E-state index in [1.807, 2.05) is 6.07 Å². The van der Waals surface area contributed by atoms with Gasteiger partial charge in [-0.25, -0.2) is 0 Å². The SMILES string of the molecule is COc1ccc(-c2nnc(C(C)C)s2)c(OC)n1. The number of hydrogen-bond donors (Lipinski definition) is 0. The zero-order valence-electron chi connectivity index (χ0n) is 10.8. The second-order valence-corrected chi connectivity index (χ2v) is 5.02. The molecule has 0 bridgehead atoms. The van der Waals surface area contributed by atoms with Crippen LogP contribution in [0.2, 0.25) is 0 Å². The largest absolute Gasteiger partial charge is 0.481 e. The molecule has 96 valence electrons. The molecule has 0 saturated heterocycles. The third-order valence-electron chi connectivity index (χ3n) is 2.40. The first-order chi connectivity index (χ1) is 8.65. The van der Waals surface area contributed by atoms with Gasteiger partial charge in [0.25, 0.3) is 0 Å². The normalized spacial score (nSPS) is 10.7. The van der Waals surface area contributed by atoms with Gasteiger partial charge in [-0.2, -0.15) is 4.98 Å². The minimum absolute atomic E-state index is 0.369. The molecule has 2 aromatic heterocycles. The molecule has 0 amide bonds. The fraction of sp³-hybridized carbons (Fsp3) is 0.417. The molecule has 0 fully saturated rings. The molecule has 0 aliphatic rings. The molecule has 5 nitrogen and oxygen atoms in total. The molecule has 2 aromatic rings. The van der Waals surface area contributed by atoms with E-state index in [0.29, 0.717) is 17.7 Å². The van der Waals surface area contributed by atoms with Crippen LogP contribution in [-0.2, 0) is 0 Å². The van der Waals surface area contributed by atoms with Crippen molar-refractivity contribution < 1.29 is 9.47 Å². The van der Waals surface area contributed by atoms with Gasteiger partial charge >= 0.3 is 0 Å². The lowest BCUT2D eigenvalue weighted by Crippen LogP contribution is -1.94. The Labute approximate surface area is 110 Å². The van der Waals surface area contributed by atoms with Crippen LogP contribution in [0, 0.1) is 0 Å². The van der Waals surface area contributed by atoms with Crippen molar-refractivity contribution in [3.63, 3.8) is 0 Å². The first-order valence-corrected chi connectivity index (χ1v) is 6.40. The third-order valence-corrected chi connectivity index (χ3v) is 3.66. The maximum atomic E-state index is 5.26. The Morgan fingerprint density at radius 1 is 1.11 bits per heavy atom. The summed E-state index contributed by atoms with van der Waals surface area (Å²) in [6.07, 6.45) is 0. The van der Waals surface area contributed by atoms with Gasteiger partial charge in [-0.3, -0.25) is 0 Å². The molecule has 0 radical (unpaired) electrons. The van der Waals surface area contributed by atoms with Crippen molar-refractivity contribution in [2.24, 2.45) is 0 Å². The van der Waals surface area contributed by atoms with E-state index < -0.39 is 0 Å². The van der Waals surface area contributed by atoms with Crippen LogP contribution in [0.3, 0.4) is 0 Å². The maximum absolute atomic E-state index is 5.26. The van der Waals surface area contributed by atoms with Gasteiger partial charge in [0.1, 0.15) is 5.01 Å². The topological polar surface area (TPSA) is 57.1 Å². The lowest BCUT2D eigenvalue weighted by molar-refractivity contribution is 0.366. The van der Waals surface area contributed by atoms with Crippen LogP contribution in [0.5, 0.6) is 11.8 Å². The van der Waals surface area contributed by atoms with Gasteiger partial charge in [-0.05, 0) is 6.07 Å². The van der Waals surface area contributed by atoms with Crippen molar-refractivity contribution in [3.05, 3.63) is 17.1 Å². The van der Waals surface area contributed by atoms with Crippen LogP contribution >= 0.6 is 11.3 Å². The fourth-order valence-corrected chi connectivity index (χ4v) is 2.29. The highest BCUT2D eigenvalue weighted by Crippen LogP contribution is 2.33. The summed E-state index contributed by atoms with van der Waals surface area (Å²) in [6.45, 7) is 4.18. The Balaban J connectivity index is 2.42. The van der Waals surface area contributed by atoms with Crippen LogP contribution in [0.1, 0.15) is 24.8 Å². The third kappa shape index (κ3) is 2.43. The minimum atomic E-state index is 0.369. The molecule has 0 saturated carbocycles. The number of ether oxygens (including phenoxy) is 2. The predicted octanol–water partition coefficient (Wildman–Crippen LogP) is 2.74. The van der Waals surface area contributed by atoms with Gasteiger partial charge in [-0.15, -0.1) is 10.2 Å². The standard InChI is InChI=1S/C12H15N3O2S/c1-7(2)11-14-15-12(18-11)8-5-6-9(16-3)13-10(8)17-4/h5-7H,1-4H3. The van der Waals surface area contributed by atoms with Crippen molar-refractivity contribution in [3.8, 4) is 22.3 Å². The second kappa shape index (κ2) is 5.30. The molecule has 0 aliphatic carbocycles. The summed E-state index contributed by atoms with van der Waals surface area (Å²) in [5, 5.41) is 10.2. The maximum Gasteiger partial charge on any atom is 0.226 e. The van der Waals surface area contributed by atoms with Crippen LogP contribution in [0.25, 0.3) is 10.6 Å². The number of rotatable bonds is 4. The summed E-state index contributed by atoms with van der Waals surface area (Å²) in [6, 6.07) is 3.67. The number of hydrogen-bond acceptors (Lipinski definition) is 6. The molecule has 2 heterocycles. The van der Waals surface area contributed by atoms with E-state index in [1.165, 1.54) is 0 Å². The number of pyridine rings is 1. The van der Waals surface area contributed by atoms with Gasteiger partial charge in [0.05, 0.1) is 19.8 Å². The minimum Gasteiger partial charge on any atom is -0.481 e. The first-order valence-electron chi connectivity index (χ1n) is 5.58. The van der Waals surface area contributed by atoms with Crippen molar-refractivity contribution in [1.82, 2.24) is 15.2 Å². The number of nitrogens with zero attached hydrogens (tertiary/aromatic N) is 3. The molecule has 0 aromatic carbocycles. The molecular weight excluding hydrogens is 250 g/mol. The van der Waals surface area contributed by atoms with E-state index in [0.717, 1.165) is 15.6 Å². The Bertz CT molecular complexity index is 540. The van der Waals surface area contributed by atoms with Crippen LogP contribution in [-0.4, -0.2) is 29.4 Å². The summed E-state index contributed by atoms with van der Waals surface area (Å²) in [4.78, 5) is 4.23. The quantitative estimate of drug-likeness (QED) is 0.850. The van der Waals surface area contributed by atoms with E-state index in [2.05, 4.69) is 29.0 Å². The van der Waals surface area contributed by atoms with E-state index >= 15 is 0 Å². The summed E-state index contributed by atoms with van der Waals surface area (Å²) in [5.74, 6) is 1.39. The molecule has 0 aliphatic heterocycles. The Morgan fingerprint density at radius 3 is 2.44 bits per heavy atom. The molecule has 2 rings (SSSR count). The van der Waals surface area contributed by atoms with Crippen LogP contribution < -0.4 is 9.47 Å². The average molecular weight is 265 g/mol. The molecule has 6 heteroatoms. The highest BCUT2D eigenvalue weighted by atomic mass is 32.1. The molecule has 0 spiro atoms. The first kappa shape index (κ1) is 12.8. The van der Waals surface area contributed by atoms with E-state index in [-0.39, 0.29) is 0 Å². The van der Waals surface area contributed by atoms with Crippen molar-refractivity contribution in [2.75, 3.05) is 14.2 Å². The predicted molar refractivity (Wildman–Crippen MR) is 70.3 cm³/mol. The van der Waals surface area contributed by atoms with Crippen molar-refractivity contribution in [2.45, 2.75) is 19.8 Å². The number of aromatic nitrogens is 3. The summed E-state index contributed by atoms with van der Waals surface area (Å²) in [5.41, 5.74) is 0.836. The van der Waals surface area contributed by atoms with Crippen molar-refractivity contribution >= 4 is 11.3 Å². The van der Waals surface area contributed by atoms with Gasteiger partial charge in [-0.1, -0.05) is 25.2 Å². The molecule has 0 atom stereocenters. The van der Waals surface area contributed by atoms with Gasteiger partial charge in [0.2, 0.25) is 11.8 Å². The van der Waals surface area contributed by atoms with E-state index in [4.69, 9.17) is 9.47 Å². The monoisotopic (exact) mass is 265 g/mol. The summed E-state index contributed by atoms with van der Waals surface area (Å²) < 4.78 is 10.3. The molecule has 0 unspecified atom stereocenters. The Morgan fingerprint density at radius 2 is 1.89 bits per heavy atom. The smallest absolute Gasteiger partial charge is 0.226 e. The van der Waals surface area contributed by atoms with Crippen LogP contribution in [0.15, 0.2) is 12.1 Å². The van der Waals surface area contributed by atoms with Gasteiger partial charge < -0.3 is 9.47 Å². The van der Waals surface area contributed by atoms with Crippen LogP contribution in [0.4, 0.5) is 0 Å². The van der Waals surface area contributed by atoms with Crippen molar-refractivity contribution in [1.29, 1.82) is 0 Å². The molecule has 18 heavy (non-hydrogen) atoms. The van der Waals surface area contributed by atoms with Gasteiger partial charge in [0.15, 0.2) is 5.01 Å². The van der Waals surface area contributed by atoms with E-state index in [9.17, 15) is 0 Å². The summed E-state index contributed by atoms with van der Waals surface area (Å²) >= 11 is 1.55. The highest BCUT2D eigenvalue weighted by Gasteiger charge is 2.15. The summed E-state index contributed by atoms with van der Waals surface area (Å²) in [7, 11) is 3.15. The molecular formula is C12H15N3O2S. The average Bonchev–Trinajstić information content (AvgIpc) is 2.87. The molecule has 0 N–H and O–H groups in total. The highest BCUT2D eigenvalue weighted by molar-refractivity contribution is 7.14. The second-order valence-electron chi connectivity index (χ2n) is 4.01. The Hall–Kier alpha value is -1.69. The van der Waals surface area contributed by atoms with Gasteiger partial charge in [0, 0.05) is 12.0 Å². The lowest BCUT2D eigenvalue weighted by atomic mass is 10.2. The number of methoxy groups -OCH3 is 2. The zero-order valence-corrected chi connectivity index (χ0v) is 11.6.